The molecule has 4 aliphatic rings. The average Bonchev–Trinajstić information content (AvgIpc) is 3.70. The normalized spacial score (nSPS) is 25.6. The number of carbonyl (C=O) groups is 3. The van der Waals surface area contributed by atoms with Crippen molar-refractivity contribution in [1.29, 1.82) is 0 Å². The van der Waals surface area contributed by atoms with E-state index in [0.29, 0.717) is 25.2 Å². The van der Waals surface area contributed by atoms with Gasteiger partial charge in [-0.25, -0.2) is 8.78 Å². The van der Waals surface area contributed by atoms with Gasteiger partial charge in [-0.1, -0.05) is 26.8 Å². The van der Waals surface area contributed by atoms with Crippen molar-refractivity contribution >= 4 is 18.2 Å². The van der Waals surface area contributed by atoms with Crippen LogP contribution in [-0.2, 0) is 19.1 Å². The van der Waals surface area contributed by atoms with Gasteiger partial charge in [-0.05, 0) is 83.9 Å². The number of benzene rings is 1. The lowest BCUT2D eigenvalue weighted by Gasteiger charge is -2.41. The Morgan fingerprint density at radius 2 is 1.53 bits per heavy atom. The molecule has 0 aromatic heterocycles. The molecular formula is C35H56F2N4O4. The van der Waals surface area contributed by atoms with Gasteiger partial charge in [0.15, 0.2) is 0 Å². The fourth-order valence-corrected chi connectivity index (χ4v) is 6.62. The molecule has 2 atom stereocenters. The topological polar surface area (TPSA) is 73.4 Å². The molecule has 3 saturated heterocycles. The Labute approximate surface area is 269 Å². The number of morpholine rings is 1. The molecule has 254 valence electrons. The van der Waals surface area contributed by atoms with Crippen molar-refractivity contribution in [2.24, 2.45) is 17.8 Å². The summed E-state index contributed by atoms with van der Waals surface area (Å²) in [7, 11) is 0. The van der Waals surface area contributed by atoms with Gasteiger partial charge in [0.2, 0.25) is 18.2 Å². The number of ether oxygens (including phenoxy) is 1. The van der Waals surface area contributed by atoms with Crippen LogP contribution in [0.1, 0.15) is 80.1 Å². The Morgan fingerprint density at radius 1 is 0.911 bits per heavy atom. The molecule has 8 nitrogen and oxygen atoms in total. The van der Waals surface area contributed by atoms with Gasteiger partial charge in [-0.3, -0.25) is 19.3 Å². The summed E-state index contributed by atoms with van der Waals surface area (Å²) in [5.41, 5.74) is 0.126. The maximum absolute atomic E-state index is 13.2. The monoisotopic (exact) mass is 634 g/mol. The van der Waals surface area contributed by atoms with Gasteiger partial charge in [0.1, 0.15) is 11.6 Å². The van der Waals surface area contributed by atoms with Gasteiger partial charge in [0, 0.05) is 56.3 Å². The van der Waals surface area contributed by atoms with Gasteiger partial charge in [-0.2, -0.15) is 0 Å². The van der Waals surface area contributed by atoms with Crippen LogP contribution >= 0.6 is 0 Å². The van der Waals surface area contributed by atoms with E-state index in [1.807, 2.05) is 13.8 Å². The predicted octanol–water partition coefficient (Wildman–Crippen LogP) is 5.21. The lowest BCUT2D eigenvalue weighted by molar-refractivity contribution is -0.142. The molecule has 3 aliphatic heterocycles. The SMILES string of the molecule is CC1CCC(N(C(=O)C(C)C)[C@H]2CCN(C(=O)[C@H]3CCN(C(C)(C)C)C3)C2)CC1.Fc1cccc(F)c1.O=CN1CCOCC1. The summed E-state index contributed by atoms with van der Waals surface area (Å²) in [6, 6.07) is 5.12. The van der Waals surface area contributed by atoms with Gasteiger partial charge >= 0.3 is 0 Å². The van der Waals surface area contributed by atoms with E-state index in [2.05, 4.69) is 42.4 Å². The maximum Gasteiger partial charge on any atom is 0.227 e. The molecule has 0 bridgehead atoms. The van der Waals surface area contributed by atoms with E-state index in [1.165, 1.54) is 31.0 Å². The zero-order valence-electron chi connectivity index (χ0n) is 28.4. The first-order valence-electron chi connectivity index (χ1n) is 16.8. The third kappa shape index (κ3) is 11.3. The Balaban J connectivity index is 0.000000278. The average molecular weight is 635 g/mol. The first kappa shape index (κ1) is 36.9. The van der Waals surface area contributed by atoms with Crippen LogP contribution in [0.3, 0.4) is 0 Å². The van der Waals surface area contributed by atoms with Crippen LogP contribution in [0.4, 0.5) is 8.78 Å². The van der Waals surface area contributed by atoms with Crippen molar-refractivity contribution < 1.29 is 27.9 Å². The lowest BCUT2D eigenvalue weighted by atomic mass is 9.85. The smallest absolute Gasteiger partial charge is 0.227 e. The lowest BCUT2D eigenvalue weighted by Crippen LogP contribution is -2.51. The predicted molar refractivity (Wildman–Crippen MR) is 172 cm³/mol. The number of hydrogen-bond donors (Lipinski definition) is 0. The van der Waals surface area contributed by atoms with Crippen molar-refractivity contribution in [2.75, 3.05) is 52.5 Å². The number of halogens is 2. The zero-order chi connectivity index (χ0) is 33.1. The number of nitrogens with zero attached hydrogens (tertiary/aromatic N) is 4. The highest BCUT2D eigenvalue weighted by atomic mass is 19.1. The first-order valence-corrected chi connectivity index (χ1v) is 16.8. The molecule has 1 aromatic rings. The minimum absolute atomic E-state index is 0.0225. The molecule has 3 heterocycles. The van der Waals surface area contributed by atoms with Gasteiger partial charge in [0.25, 0.3) is 0 Å². The van der Waals surface area contributed by atoms with E-state index < -0.39 is 11.6 Å². The Kier molecular flexibility index (Phi) is 14.2. The van der Waals surface area contributed by atoms with Crippen molar-refractivity contribution in [2.45, 2.75) is 97.7 Å². The van der Waals surface area contributed by atoms with Gasteiger partial charge < -0.3 is 19.4 Å². The van der Waals surface area contributed by atoms with Gasteiger partial charge in [-0.15, -0.1) is 0 Å². The summed E-state index contributed by atoms with van der Waals surface area (Å²) in [4.78, 5) is 44.8. The quantitative estimate of drug-likeness (QED) is 0.416. The summed E-state index contributed by atoms with van der Waals surface area (Å²) in [5, 5.41) is 0. The molecule has 1 aromatic carbocycles. The molecule has 0 unspecified atom stereocenters. The largest absolute Gasteiger partial charge is 0.378 e. The fraction of sp³-hybridized carbons (Fsp3) is 0.743. The molecule has 1 aliphatic carbocycles. The summed E-state index contributed by atoms with van der Waals surface area (Å²) >= 11 is 0. The van der Waals surface area contributed by atoms with E-state index in [-0.39, 0.29) is 29.3 Å². The molecule has 10 heteroatoms. The van der Waals surface area contributed by atoms with Gasteiger partial charge in [0.05, 0.1) is 25.2 Å². The van der Waals surface area contributed by atoms with Crippen LogP contribution < -0.4 is 0 Å². The minimum Gasteiger partial charge on any atom is -0.378 e. The van der Waals surface area contributed by atoms with E-state index in [9.17, 15) is 23.2 Å². The third-order valence-electron chi connectivity index (χ3n) is 9.46. The van der Waals surface area contributed by atoms with Crippen molar-refractivity contribution in [1.82, 2.24) is 19.6 Å². The second kappa shape index (κ2) is 17.4. The number of carbonyl (C=O) groups excluding carboxylic acids is 3. The molecule has 5 rings (SSSR count). The summed E-state index contributed by atoms with van der Waals surface area (Å²) in [5.74, 6) is 0.441. The highest BCUT2D eigenvalue weighted by Crippen LogP contribution is 2.33. The molecule has 0 N–H and O–H groups in total. The third-order valence-corrected chi connectivity index (χ3v) is 9.46. The molecule has 3 amide bonds. The van der Waals surface area contributed by atoms with Crippen molar-refractivity contribution in [3.63, 3.8) is 0 Å². The van der Waals surface area contributed by atoms with E-state index in [1.54, 1.807) is 4.90 Å². The Hall–Kier alpha value is -2.59. The molecule has 4 fully saturated rings. The van der Waals surface area contributed by atoms with Crippen LogP contribution in [0.2, 0.25) is 0 Å². The highest BCUT2D eigenvalue weighted by molar-refractivity contribution is 5.81. The van der Waals surface area contributed by atoms with Crippen LogP contribution in [0.5, 0.6) is 0 Å². The van der Waals surface area contributed by atoms with E-state index in [4.69, 9.17) is 4.74 Å². The summed E-state index contributed by atoms with van der Waals surface area (Å²) < 4.78 is 28.9. The standard InChI is InChI=1S/C24H43N3O2.C6H4F2.C5H9NO2/c1-17(2)22(28)27(20-9-7-18(3)8-10-20)21-12-13-25(16-21)23(29)19-11-14-26(15-19)24(4,5)6;7-5-2-1-3-6(8)4-5;7-5-6-1-3-8-4-2-6/h17-21H,7-16H2,1-6H3;1-4H;5H,1-4H2/t18?,19-,20?,21-;;/m0../s1. The molecule has 0 radical (unpaired) electrons. The van der Waals surface area contributed by atoms with Crippen LogP contribution in [0, 0.1) is 29.4 Å². The minimum atomic E-state index is -0.537. The van der Waals surface area contributed by atoms with E-state index in [0.717, 1.165) is 83.3 Å². The summed E-state index contributed by atoms with van der Waals surface area (Å²) in [6.45, 7) is 19.3. The second-order valence-corrected chi connectivity index (χ2v) is 14.3. The first-order chi connectivity index (χ1) is 21.3. The van der Waals surface area contributed by atoms with Crippen LogP contribution in [0.15, 0.2) is 24.3 Å². The Bertz CT molecular complexity index is 1070. The number of likely N-dealkylation sites (tertiary alicyclic amines) is 2. The Morgan fingerprint density at radius 3 is 2.00 bits per heavy atom. The summed E-state index contributed by atoms with van der Waals surface area (Å²) in [6.07, 6.45) is 7.43. The van der Waals surface area contributed by atoms with Crippen molar-refractivity contribution in [3.05, 3.63) is 35.9 Å². The zero-order valence-corrected chi connectivity index (χ0v) is 28.4. The highest BCUT2D eigenvalue weighted by Gasteiger charge is 2.41. The van der Waals surface area contributed by atoms with Crippen molar-refractivity contribution in [3.8, 4) is 0 Å². The molecule has 0 spiro atoms. The molecular weight excluding hydrogens is 578 g/mol. The molecule has 1 saturated carbocycles. The van der Waals surface area contributed by atoms with E-state index >= 15 is 0 Å². The van der Waals surface area contributed by atoms with Crippen LogP contribution in [0.25, 0.3) is 0 Å². The maximum atomic E-state index is 13.2. The fourth-order valence-electron chi connectivity index (χ4n) is 6.62. The molecule has 45 heavy (non-hydrogen) atoms. The number of hydrogen-bond acceptors (Lipinski definition) is 5. The van der Waals surface area contributed by atoms with Crippen LogP contribution in [-0.4, -0.2) is 108 Å². The number of amides is 3. The number of rotatable bonds is 5. The second-order valence-electron chi connectivity index (χ2n) is 14.3.